The second-order valence-electron chi connectivity index (χ2n) is 10.5. The number of hydrogen-bond donors (Lipinski definition) is 1. The fourth-order valence-electron chi connectivity index (χ4n) is 4.68. The van der Waals surface area contributed by atoms with E-state index in [1.54, 1.807) is 0 Å². The molecule has 0 spiro atoms. The van der Waals surface area contributed by atoms with Crippen molar-refractivity contribution in [1.82, 2.24) is 5.32 Å². The highest BCUT2D eigenvalue weighted by atomic mass is 16.5. The Balaban J connectivity index is 1.44. The summed E-state index contributed by atoms with van der Waals surface area (Å²) in [5, 5.41) is 5.50. The molecular weight excluding hydrogens is 504 g/mol. The van der Waals surface area contributed by atoms with Crippen molar-refractivity contribution in [3.63, 3.8) is 0 Å². The summed E-state index contributed by atoms with van der Waals surface area (Å²) >= 11 is 0. The molecule has 3 aromatic rings. The van der Waals surface area contributed by atoms with Crippen LogP contribution in [0.15, 0.2) is 42.5 Å². The van der Waals surface area contributed by atoms with Gasteiger partial charge >= 0.3 is 0 Å². The number of pyridine rings is 1. The maximum Gasteiger partial charge on any atom is 0.219 e. The molecule has 0 radical (unpaired) electrons. The van der Waals surface area contributed by atoms with E-state index in [1.165, 1.54) is 33.2 Å². The van der Waals surface area contributed by atoms with Crippen LogP contribution < -0.4 is 19.7 Å². The third-order valence-corrected chi connectivity index (χ3v) is 6.97. The minimum atomic E-state index is 0.119. The maximum absolute atomic E-state index is 12.3. The van der Waals surface area contributed by atoms with Crippen molar-refractivity contribution in [3.05, 3.63) is 42.5 Å². The predicted molar refractivity (Wildman–Crippen MR) is 165 cm³/mol. The summed E-state index contributed by atoms with van der Waals surface area (Å²) in [6, 6.07) is 15.6. The smallest absolute Gasteiger partial charge is 0.219 e. The third kappa shape index (κ3) is 9.91. The molecule has 3 rings (SSSR count). The van der Waals surface area contributed by atoms with E-state index in [4.69, 9.17) is 14.2 Å². The number of amides is 1. The van der Waals surface area contributed by atoms with E-state index in [2.05, 4.69) is 90.3 Å². The van der Waals surface area contributed by atoms with E-state index in [0.717, 1.165) is 32.2 Å². The lowest BCUT2D eigenvalue weighted by atomic mass is 10.1. The van der Waals surface area contributed by atoms with Gasteiger partial charge in [0.1, 0.15) is 6.54 Å². The zero-order valence-electron chi connectivity index (χ0n) is 25.2. The molecule has 2 aromatic carbocycles. The molecule has 0 atom stereocenters. The van der Waals surface area contributed by atoms with Crippen molar-refractivity contribution in [1.29, 1.82) is 0 Å². The predicted octanol–water partition coefficient (Wildman–Crippen LogP) is 4.55. The Morgan fingerprint density at radius 1 is 0.725 bits per heavy atom. The van der Waals surface area contributed by atoms with E-state index in [1.807, 2.05) is 6.92 Å². The van der Waals surface area contributed by atoms with Crippen molar-refractivity contribution in [2.24, 2.45) is 0 Å². The normalized spacial score (nSPS) is 11.3. The van der Waals surface area contributed by atoms with Crippen LogP contribution >= 0.6 is 0 Å². The molecule has 220 valence electrons. The van der Waals surface area contributed by atoms with Gasteiger partial charge in [0.05, 0.1) is 26.4 Å². The van der Waals surface area contributed by atoms with Crippen molar-refractivity contribution in [2.75, 3.05) is 84.2 Å². The Hall–Kier alpha value is -2.94. The van der Waals surface area contributed by atoms with Gasteiger partial charge in [0.15, 0.2) is 0 Å². The lowest BCUT2D eigenvalue weighted by Crippen LogP contribution is -2.36. The van der Waals surface area contributed by atoms with Gasteiger partial charge in [0.25, 0.3) is 0 Å². The Labute approximate surface area is 240 Å². The maximum atomic E-state index is 12.3. The second-order valence-corrected chi connectivity index (χ2v) is 10.5. The summed E-state index contributed by atoms with van der Waals surface area (Å²) in [6.07, 6.45) is 4.28. The molecule has 0 saturated carbocycles. The van der Waals surface area contributed by atoms with Gasteiger partial charge < -0.3 is 29.3 Å². The van der Waals surface area contributed by atoms with Crippen LogP contribution in [-0.4, -0.2) is 80.3 Å². The minimum Gasteiger partial charge on any atom is -0.379 e. The lowest BCUT2D eigenvalue weighted by molar-refractivity contribution is -0.645. The average molecular weight is 554 g/mol. The van der Waals surface area contributed by atoms with Gasteiger partial charge in [-0.15, -0.1) is 0 Å². The molecule has 0 aliphatic rings. The Morgan fingerprint density at radius 2 is 1.30 bits per heavy atom. The number of carbonyl (C=O) groups excluding carboxylic acids is 1. The van der Waals surface area contributed by atoms with Crippen molar-refractivity contribution >= 4 is 39.1 Å². The minimum absolute atomic E-state index is 0.119. The number of anilines is 2. The largest absolute Gasteiger partial charge is 0.379 e. The van der Waals surface area contributed by atoms with E-state index in [0.29, 0.717) is 52.6 Å². The Kier molecular flexibility index (Phi) is 13.4. The van der Waals surface area contributed by atoms with E-state index < -0.39 is 0 Å². The number of fused-ring (bicyclic) bond motifs is 2. The molecule has 0 bridgehead atoms. The number of nitrogens with one attached hydrogen (secondary N) is 1. The number of ether oxygens (including phenoxy) is 3. The third-order valence-electron chi connectivity index (χ3n) is 6.97. The van der Waals surface area contributed by atoms with E-state index in [9.17, 15) is 4.79 Å². The van der Waals surface area contributed by atoms with E-state index in [-0.39, 0.29) is 5.91 Å². The van der Waals surface area contributed by atoms with Crippen LogP contribution in [0.3, 0.4) is 0 Å². The average Bonchev–Trinajstić information content (AvgIpc) is 2.94. The highest BCUT2D eigenvalue weighted by molar-refractivity contribution is 5.91. The molecular formula is C32H49N4O4+. The van der Waals surface area contributed by atoms with Crippen LogP contribution in [0.25, 0.3) is 21.8 Å². The first-order valence-corrected chi connectivity index (χ1v) is 14.7. The number of carbonyl (C=O) groups is 1. The van der Waals surface area contributed by atoms with Gasteiger partial charge in [0.2, 0.25) is 16.9 Å². The van der Waals surface area contributed by atoms with Gasteiger partial charge in [-0.1, -0.05) is 0 Å². The second kappa shape index (κ2) is 17.0. The highest BCUT2D eigenvalue weighted by Gasteiger charge is 2.17. The molecule has 8 heteroatoms. The molecule has 0 saturated heterocycles. The molecule has 1 amide bonds. The number of aromatic nitrogens is 1. The van der Waals surface area contributed by atoms with Gasteiger partial charge in [-0.25, -0.2) is 0 Å². The number of nitrogens with zero attached hydrogens (tertiary/aromatic N) is 3. The molecule has 1 heterocycles. The molecule has 1 aromatic heterocycles. The van der Waals surface area contributed by atoms with Crippen molar-refractivity contribution in [2.45, 2.75) is 45.6 Å². The summed E-state index contributed by atoms with van der Waals surface area (Å²) in [5.41, 5.74) is 4.87. The number of rotatable bonds is 19. The number of aryl methyl sites for hydroxylation is 1. The van der Waals surface area contributed by atoms with Crippen molar-refractivity contribution < 1.29 is 23.6 Å². The summed E-state index contributed by atoms with van der Waals surface area (Å²) in [5.74, 6) is 0.119. The fourth-order valence-corrected chi connectivity index (χ4v) is 4.68. The monoisotopic (exact) mass is 553 g/mol. The van der Waals surface area contributed by atoms with Crippen LogP contribution in [0.1, 0.15) is 39.0 Å². The Morgan fingerprint density at radius 3 is 1.88 bits per heavy atom. The highest BCUT2D eigenvalue weighted by Crippen LogP contribution is 2.25. The van der Waals surface area contributed by atoms with Crippen molar-refractivity contribution in [3.8, 4) is 0 Å². The van der Waals surface area contributed by atoms with Gasteiger partial charge in [0, 0.05) is 95.1 Å². The molecule has 40 heavy (non-hydrogen) atoms. The van der Waals surface area contributed by atoms with Gasteiger partial charge in [-0.05, 0) is 56.5 Å². The van der Waals surface area contributed by atoms with Crippen LogP contribution in [0.2, 0.25) is 0 Å². The van der Waals surface area contributed by atoms with Gasteiger partial charge in [-0.2, -0.15) is 4.57 Å². The van der Waals surface area contributed by atoms with Crippen LogP contribution in [0.5, 0.6) is 0 Å². The fraction of sp³-hybridized carbons (Fsp3) is 0.562. The molecule has 0 aliphatic carbocycles. The van der Waals surface area contributed by atoms with Crippen LogP contribution in [0.4, 0.5) is 11.4 Å². The zero-order chi connectivity index (χ0) is 28.7. The summed E-state index contributed by atoms with van der Waals surface area (Å²) in [7, 11) is 8.32. The first-order chi connectivity index (χ1) is 19.4. The number of hydrogen-bond acceptors (Lipinski definition) is 6. The first kappa shape index (κ1) is 31.6. The van der Waals surface area contributed by atoms with E-state index >= 15 is 0 Å². The number of unbranched alkanes of at least 4 members (excludes halogenated alkanes) is 2. The SMILES string of the molecule is CCOCCOCCOCCCNC(=O)CCCCC[n+]1c2cc(N(C)C)ccc2cc2ccc(N(C)C)cc21. The lowest BCUT2D eigenvalue weighted by Gasteiger charge is -2.15. The zero-order valence-corrected chi connectivity index (χ0v) is 25.2. The Bertz CT molecular complexity index is 1130. The molecule has 8 nitrogen and oxygen atoms in total. The summed E-state index contributed by atoms with van der Waals surface area (Å²) in [4.78, 5) is 16.6. The van der Waals surface area contributed by atoms with Crippen LogP contribution in [0, 0.1) is 0 Å². The quantitative estimate of drug-likeness (QED) is 0.134. The molecule has 0 fully saturated rings. The summed E-state index contributed by atoms with van der Waals surface area (Å²) < 4.78 is 18.6. The summed E-state index contributed by atoms with van der Waals surface area (Å²) in [6.45, 7) is 7.21. The van der Waals surface area contributed by atoms with Gasteiger partial charge in [-0.3, -0.25) is 4.79 Å². The number of benzene rings is 2. The standard InChI is InChI=1S/C32H48N4O4/c1-6-38-19-20-40-22-21-39-18-10-16-33-32(37)11-8-7-9-17-36-30-24-28(34(2)3)14-12-26(30)23-27-13-15-29(35(4)5)25-31(27)36/h12-15,23-25H,6-11,16-22H2,1-5H3/p+1. The topological polar surface area (TPSA) is 67.2 Å². The molecule has 1 N–H and O–H groups in total. The molecule has 0 aliphatic heterocycles. The first-order valence-electron chi connectivity index (χ1n) is 14.7. The molecule has 0 unspecified atom stereocenters. The van der Waals surface area contributed by atoms with Crippen LogP contribution in [-0.2, 0) is 25.5 Å².